The molecule has 0 aliphatic carbocycles. The number of ether oxygens (including phenoxy) is 1. The normalized spacial score (nSPS) is 17.6. The van der Waals surface area contributed by atoms with Crippen LogP contribution in [0, 0.1) is 0 Å². The predicted octanol–water partition coefficient (Wildman–Crippen LogP) is 1.60. The van der Waals surface area contributed by atoms with Crippen LogP contribution >= 0.6 is 11.3 Å². The second-order valence-electron chi connectivity index (χ2n) is 4.70. The van der Waals surface area contributed by atoms with Crippen LogP contribution in [0.1, 0.15) is 23.5 Å². The van der Waals surface area contributed by atoms with Gasteiger partial charge in [0.05, 0.1) is 5.60 Å². The Labute approximate surface area is 109 Å². The van der Waals surface area contributed by atoms with Crippen LogP contribution in [-0.2, 0) is 17.8 Å². The van der Waals surface area contributed by atoms with E-state index in [-0.39, 0.29) is 5.60 Å². The summed E-state index contributed by atoms with van der Waals surface area (Å²) in [4.78, 5) is 5.56. The van der Waals surface area contributed by atoms with Crippen molar-refractivity contribution in [1.29, 1.82) is 0 Å². The monoisotopic (exact) mass is 265 g/mol. The molecule has 96 valence electrons. The maximum Gasteiger partial charge on any atom is 0.252 e. The molecule has 0 amide bonds. The molecule has 6 heteroatoms. The Bertz CT molecular complexity index is 505. The second-order valence-corrected chi connectivity index (χ2v) is 5.73. The molecule has 0 saturated carbocycles. The molecule has 0 spiro atoms. The van der Waals surface area contributed by atoms with Crippen molar-refractivity contribution < 1.29 is 9.26 Å². The van der Waals surface area contributed by atoms with Crippen LogP contribution in [0.25, 0.3) is 0 Å². The van der Waals surface area contributed by atoms with Gasteiger partial charge in [-0.15, -0.1) is 11.3 Å². The quantitative estimate of drug-likeness (QED) is 0.889. The highest BCUT2D eigenvalue weighted by Crippen LogP contribution is 2.18. The minimum Gasteiger partial charge on any atom is -0.363 e. The number of thiophene rings is 1. The van der Waals surface area contributed by atoms with Crippen molar-refractivity contribution in [2.24, 2.45) is 0 Å². The Morgan fingerprint density at radius 1 is 1.56 bits per heavy atom. The highest BCUT2D eigenvalue weighted by Gasteiger charge is 2.32. The molecule has 0 bridgehead atoms. The van der Waals surface area contributed by atoms with Crippen LogP contribution in [-0.4, -0.2) is 28.8 Å². The van der Waals surface area contributed by atoms with E-state index in [2.05, 4.69) is 28.4 Å². The summed E-state index contributed by atoms with van der Waals surface area (Å²) in [5.74, 6) is 1.27. The SMILES string of the molecule is CC1(OCc2nc(Cc3cccs3)no2)CNC1. The van der Waals surface area contributed by atoms with Gasteiger partial charge in [-0.3, -0.25) is 0 Å². The molecule has 1 fully saturated rings. The van der Waals surface area contributed by atoms with Crippen molar-refractivity contribution in [3.63, 3.8) is 0 Å². The van der Waals surface area contributed by atoms with Crippen LogP contribution in [0.15, 0.2) is 22.0 Å². The van der Waals surface area contributed by atoms with Crippen molar-refractivity contribution in [2.45, 2.75) is 25.6 Å². The van der Waals surface area contributed by atoms with Crippen LogP contribution in [0.4, 0.5) is 0 Å². The summed E-state index contributed by atoms with van der Waals surface area (Å²) in [6, 6.07) is 4.09. The van der Waals surface area contributed by atoms with Crippen molar-refractivity contribution in [3.05, 3.63) is 34.1 Å². The van der Waals surface area contributed by atoms with E-state index in [1.165, 1.54) is 4.88 Å². The zero-order valence-corrected chi connectivity index (χ0v) is 11.0. The summed E-state index contributed by atoms with van der Waals surface area (Å²) >= 11 is 1.70. The Hall–Kier alpha value is -1.24. The first-order valence-electron chi connectivity index (χ1n) is 5.92. The minimum atomic E-state index is -0.0810. The van der Waals surface area contributed by atoms with Crippen LogP contribution < -0.4 is 5.32 Å². The molecule has 0 radical (unpaired) electrons. The highest BCUT2D eigenvalue weighted by molar-refractivity contribution is 7.09. The third-order valence-electron chi connectivity index (χ3n) is 2.96. The third kappa shape index (κ3) is 2.60. The molecule has 18 heavy (non-hydrogen) atoms. The molecular weight excluding hydrogens is 250 g/mol. The zero-order chi connectivity index (χ0) is 12.4. The standard InChI is InChI=1S/C12H15N3O2S/c1-12(7-13-8-12)16-6-11-14-10(15-17-11)5-9-3-2-4-18-9/h2-4,13H,5-8H2,1H3. The molecule has 5 nitrogen and oxygen atoms in total. The molecule has 2 aromatic heterocycles. The van der Waals surface area contributed by atoms with Gasteiger partial charge < -0.3 is 14.6 Å². The summed E-state index contributed by atoms with van der Waals surface area (Å²) in [5.41, 5.74) is -0.0810. The molecule has 1 saturated heterocycles. The smallest absolute Gasteiger partial charge is 0.252 e. The number of hydrogen-bond acceptors (Lipinski definition) is 6. The second kappa shape index (κ2) is 4.79. The van der Waals surface area contributed by atoms with Gasteiger partial charge in [0.2, 0.25) is 0 Å². The lowest BCUT2D eigenvalue weighted by Crippen LogP contribution is -2.58. The fourth-order valence-corrected chi connectivity index (χ4v) is 2.51. The molecule has 2 aromatic rings. The minimum absolute atomic E-state index is 0.0810. The van der Waals surface area contributed by atoms with Crippen LogP contribution in [0.2, 0.25) is 0 Å². The lowest BCUT2D eigenvalue weighted by Gasteiger charge is -2.38. The topological polar surface area (TPSA) is 60.2 Å². The van der Waals surface area contributed by atoms with Gasteiger partial charge in [-0.1, -0.05) is 11.2 Å². The fourth-order valence-electron chi connectivity index (χ4n) is 1.80. The maximum absolute atomic E-state index is 5.74. The summed E-state index contributed by atoms with van der Waals surface area (Å²) in [6.07, 6.45) is 0.722. The molecule has 3 rings (SSSR count). The van der Waals surface area contributed by atoms with Gasteiger partial charge in [0, 0.05) is 24.4 Å². The number of hydrogen-bond donors (Lipinski definition) is 1. The fraction of sp³-hybridized carbons (Fsp3) is 0.500. The van der Waals surface area contributed by atoms with E-state index < -0.39 is 0 Å². The van der Waals surface area contributed by atoms with E-state index in [0.29, 0.717) is 18.3 Å². The van der Waals surface area contributed by atoms with E-state index in [4.69, 9.17) is 9.26 Å². The number of aromatic nitrogens is 2. The van der Waals surface area contributed by atoms with E-state index >= 15 is 0 Å². The average Bonchev–Trinajstić information content (AvgIpc) is 2.96. The molecule has 0 aromatic carbocycles. The Kier molecular flexibility index (Phi) is 3.15. The molecule has 1 N–H and O–H groups in total. The molecule has 0 unspecified atom stereocenters. The summed E-state index contributed by atoms with van der Waals surface area (Å²) in [7, 11) is 0. The lowest BCUT2D eigenvalue weighted by atomic mass is 10.0. The predicted molar refractivity (Wildman–Crippen MR) is 67.5 cm³/mol. The van der Waals surface area contributed by atoms with Gasteiger partial charge in [-0.25, -0.2) is 0 Å². The molecular formula is C12H15N3O2S. The van der Waals surface area contributed by atoms with Gasteiger partial charge >= 0.3 is 0 Å². The summed E-state index contributed by atoms with van der Waals surface area (Å²) in [6.45, 7) is 4.22. The van der Waals surface area contributed by atoms with Gasteiger partial charge in [0.15, 0.2) is 5.82 Å². The van der Waals surface area contributed by atoms with Gasteiger partial charge in [-0.05, 0) is 18.4 Å². The highest BCUT2D eigenvalue weighted by atomic mass is 32.1. The van der Waals surface area contributed by atoms with E-state index in [1.54, 1.807) is 11.3 Å². The first-order valence-corrected chi connectivity index (χ1v) is 6.80. The third-order valence-corrected chi connectivity index (χ3v) is 3.84. The number of nitrogens with zero attached hydrogens (tertiary/aromatic N) is 2. The molecule has 1 aliphatic heterocycles. The van der Waals surface area contributed by atoms with E-state index in [1.807, 2.05) is 11.4 Å². The van der Waals surface area contributed by atoms with Gasteiger partial charge in [-0.2, -0.15) is 4.98 Å². The lowest BCUT2D eigenvalue weighted by molar-refractivity contribution is -0.0841. The number of nitrogens with one attached hydrogen (secondary N) is 1. The molecule has 3 heterocycles. The van der Waals surface area contributed by atoms with Gasteiger partial charge in [0.1, 0.15) is 6.61 Å². The number of rotatable bonds is 5. The van der Waals surface area contributed by atoms with Crippen molar-refractivity contribution in [3.8, 4) is 0 Å². The Morgan fingerprint density at radius 3 is 3.11 bits per heavy atom. The van der Waals surface area contributed by atoms with Crippen LogP contribution in [0.3, 0.4) is 0 Å². The molecule has 1 aliphatic rings. The summed E-state index contributed by atoms with van der Waals surface area (Å²) in [5, 5.41) is 9.19. The zero-order valence-electron chi connectivity index (χ0n) is 10.2. The van der Waals surface area contributed by atoms with Crippen LogP contribution in [0.5, 0.6) is 0 Å². The van der Waals surface area contributed by atoms with E-state index in [9.17, 15) is 0 Å². The van der Waals surface area contributed by atoms with Gasteiger partial charge in [0.25, 0.3) is 5.89 Å². The first kappa shape index (κ1) is 11.8. The Morgan fingerprint density at radius 2 is 2.44 bits per heavy atom. The molecule has 0 atom stereocenters. The average molecular weight is 265 g/mol. The Balaban J connectivity index is 1.56. The summed E-state index contributed by atoms with van der Waals surface area (Å²) < 4.78 is 10.9. The van der Waals surface area contributed by atoms with Crippen molar-refractivity contribution in [2.75, 3.05) is 13.1 Å². The van der Waals surface area contributed by atoms with Crippen molar-refractivity contribution in [1.82, 2.24) is 15.5 Å². The first-order chi connectivity index (χ1) is 8.73. The van der Waals surface area contributed by atoms with Crippen molar-refractivity contribution >= 4 is 11.3 Å². The maximum atomic E-state index is 5.74. The van der Waals surface area contributed by atoms with E-state index in [0.717, 1.165) is 19.5 Å². The largest absolute Gasteiger partial charge is 0.363 e.